The smallest absolute Gasteiger partial charge is 0.288 e. The maximum Gasteiger partial charge on any atom is 0.288 e. The van der Waals surface area contributed by atoms with Crippen molar-refractivity contribution in [2.24, 2.45) is 5.92 Å². The Hall–Kier alpha value is -1.43. The van der Waals surface area contributed by atoms with Gasteiger partial charge in [-0.1, -0.05) is 43.2 Å². The van der Waals surface area contributed by atoms with Gasteiger partial charge in [-0.25, -0.2) is 0 Å². The Kier molecular flexibility index (Phi) is 7.36. The Balaban J connectivity index is 2.89. The summed E-state index contributed by atoms with van der Waals surface area (Å²) in [4.78, 5) is 10.4. The molecule has 0 fully saturated rings. The summed E-state index contributed by atoms with van der Waals surface area (Å²) in [5, 5.41) is 14.3. The molecule has 0 aromatic heterocycles. The third-order valence-electron chi connectivity index (χ3n) is 3.07. The van der Waals surface area contributed by atoms with Crippen LogP contribution in [0.25, 0.3) is 6.08 Å². The van der Waals surface area contributed by atoms with Crippen molar-refractivity contribution in [1.82, 2.24) is 5.32 Å². The van der Waals surface area contributed by atoms with E-state index in [1.54, 1.807) is 19.2 Å². The van der Waals surface area contributed by atoms with Crippen molar-refractivity contribution >= 4 is 23.4 Å². The molecule has 0 saturated carbocycles. The summed E-state index contributed by atoms with van der Waals surface area (Å²) in [6.07, 6.45) is 1.97. The Morgan fingerprint density at radius 1 is 1.52 bits per heavy atom. The van der Waals surface area contributed by atoms with Gasteiger partial charge in [0, 0.05) is 26.3 Å². The molecular weight excluding hydrogens is 292 g/mol. The summed E-state index contributed by atoms with van der Waals surface area (Å²) < 4.78 is 4.99. The number of halogens is 1. The third-order valence-corrected chi connectivity index (χ3v) is 3.39. The SMILES string of the molecule is COCCNCC(=Cc1ccc(Cl)c([N+](=O)[O-])c1)C(C)C. The van der Waals surface area contributed by atoms with Crippen LogP contribution in [0.5, 0.6) is 0 Å². The maximum absolute atomic E-state index is 10.9. The first-order valence-electron chi connectivity index (χ1n) is 6.79. The summed E-state index contributed by atoms with van der Waals surface area (Å²) in [5.74, 6) is 0.342. The second kappa shape index (κ2) is 8.77. The van der Waals surface area contributed by atoms with E-state index < -0.39 is 4.92 Å². The zero-order valence-corrected chi connectivity index (χ0v) is 13.3. The second-order valence-electron chi connectivity index (χ2n) is 5.01. The highest BCUT2D eigenvalue weighted by Crippen LogP contribution is 2.26. The highest BCUT2D eigenvalue weighted by Gasteiger charge is 2.12. The van der Waals surface area contributed by atoms with Crippen molar-refractivity contribution in [2.45, 2.75) is 13.8 Å². The minimum absolute atomic E-state index is 0.0686. The molecule has 0 bridgehead atoms. The van der Waals surface area contributed by atoms with E-state index in [2.05, 4.69) is 19.2 Å². The Labute approximate surface area is 130 Å². The fraction of sp³-hybridized carbons (Fsp3) is 0.467. The van der Waals surface area contributed by atoms with Crippen LogP contribution in [0.1, 0.15) is 19.4 Å². The van der Waals surface area contributed by atoms with Crippen molar-refractivity contribution in [3.63, 3.8) is 0 Å². The van der Waals surface area contributed by atoms with E-state index >= 15 is 0 Å². The van der Waals surface area contributed by atoms with Gasteiger partial charge >= 0.3 is 0 Å². The molecule has 5 nitrogen and oxygen atoms in total. The van der Waals surface area contributed by atoms with Gasteiger partial charge < -0.3 is 10.1 Å². The number of nitrogens with zero attached hydrogens (tertiary/aromatic N) is 1. The Morgan fingerprint density at radius 2 is 2.24 bits per heavy atom. The van der Waals surface area contributed by atoms with E-state index in [0.717, 1.165) is 18.7 Å². The molecule has 0 unspecified atom stereocenters. The zero-order valence-electron chi connectivity index (χ0n) is 12.6. The molecule has 0 aliphatic rings. The molecule has 0 atom stereocenters. The van der Waals surface area contributed by atoms with Crippen molar-refractivity contribution in [3.8, 4) is 0 Å². The first-order chi connectivity index (χ1) is 9.95. The number of rotatable bonds is 8. The number of nitrogens with one attached hydrogen (secondary N) is 1. The molecule has 1 aromatic carbocycles. The Bertz CT molecular complexity index is 516. The van der Waals surface area contributed by atoms with Gasteiger partial charge in [0.15, 0.2) is 0 Å². The van der Waals surface area contributed by atoms with Gasteiger partial charge in [-0.05, 0) is 17.5 Å². The van der Waals surface area contributed by atoms with Crippen molar-refractivity contribution in [1.29, 1.82) is 0 Å². The summed E-state index contributed by atoms with van der Waals surface area (Å²) in [6.45, 7) is 6.32. The molecule has 1 aromatic rings. The minimum Gasteiger partial charge on any atom is -0.383 e. The van der Waals surface area contributed by atoms with Crippen LogP contribution in [-0.4, -0.2) is 31.7 Å². The average molecular weight is 313 g/mol. The zero-order chi connectivity index (χ0) is 15.8. The van der Waals surface area contributed by atoms with Gasteiger partial charge in [0.25, 0.3) is 5.69 Å². The number of hydrogen-bond donors (Lipinski definition) is 1. The van der Waals surface area contributed by atoms with Crippen LogP contribution < -0.4 is 5.32 Å². The quantitative estimate of drug-likeness (QED) is 0.453. The van der Waals surface area contributed by atoms with Crippen LogP contribution in [0, 0.1) is 16.0 Å². The van der Waals surface area contributed by atoms with Gasteiger partial charge in [-0.3, -0.25) is 10.1 Å². The molecular formula is C15H21ClN2O3. The molecule has 0 radical (unpaired) electrons. The van der Waals surface area contributed by atoms with Crippen molar-refractivity contribution < 1.29 is 9.66 Å². The molecule has 0 aliphatic heterocycles. The first kappa shape index (κ1) is 17.6. The maximum atomic E-state index is 10.9. The normalized spacial score (nSPS) is 12.0. The molecule has 0 spiro atoms. The molecule has 1 rings (SSSR count). The standard InChI is InChI=1S/C15H21ClN2O3/c1-11(2)13(10-17-6-7-21-3)8-12-4-5-14(16)15(9-12)18(19)20/h4-5,8-9,11,17H,6-7,10H2,1-3H3. The summed E-state index contributed by atoms with van der Waals surface area (Å²) >= 11 is 5.82. The largest absolute Gasteiger partial charge is 0.383 e. The summed E-state index contributed by atoms with van der Waals surface area (Å²) in [7, 11) is 1.66. The van der Waals surface area contributed by atoms with E-state index in [-0.39, 0.29) is 10.7 Å². The third kappa shape index (κ3) is 5.83. The van der Waals surface area contributed by atoms with Gasteiger partial charge in [0.1, 0.15) is 5.02 Å². The number of hydrogen-bond acceptors (Lipinski definition) is 4. The van der Waals surface area contributed by atoms with Crippen LogP contribution in [0.3, 0.4) is 0 Å². The van der Waals surface area contributed by atoms with E-state index in [9.17, 15) is 10.1 Å². The van der Waals surface area contributed by atoms with Crippen molar-refractivity contribution in [3.05, 3.63) is 44.5 Å². The first-order valence-corrected chi connectivity index (χ1v) is 7.17. The second-order valence-corrected chi connectivity index (χ2v) is 5.42. The Morgan fingerprint density at radius 3 is 2.81 bits per heavy atom. The number of benzene rings is 1. The monoisotopic (exact) mass is 312 g/mol. The molecule has 116 valence electrons. The van der Waals surface area contributed by atoms with E-state index in [1.165, 1.54) is 11.6 Å². The van der Waals surface area contributed by atoms with Gasteiger partial charge in [-0.15, -0.1) is 0 Å². The van der Waals surface area contributed by atoms with E-state index in [0.29, 0.717) is 12.5 Å². The highest BCUT2D eigenvalue weighted by atomic mass is 35.5. The van der Waals surface area contributed by atoms with Crippen molar-refractivity contribution in [2.75, 3.05) is 26.8 Å². The topological polar surface area (TPSA) is 64.4 Å². The minimum atomic E-state index is -0.467. The molecule has 0 aliphatic carbocycles. The number of methoxy groups -OCH3 is 1. The molecule has 0 heterocycles. The highest BCUT2D eigenvalue weighted by molar-refractivity contribution is 6.32. The summed E-state index contributed by atoms with van der Waals surface area (Å²) in [5.41, 5.74) is 1.88. The molecule has 21 heavy (non-hydrogen) atoms. The number of nitro groups is 1. The molecule has 0 amide bonds. The molecule has 0 saturated heterocycles. The van der Waals surface area contributed by atoms with Crippen LogP contribution in [-0.2, 0) is 4.74 Å². The van der Waals surface area contributed by atoms with E-state index in [4.69, 9.17) is 16.3 Å². The lowest BCUT2D eigenvalue weighted by Gasteiger charge is -2.13. The molecule has 6 heteroatoms. The lowest BCUT2D eigenvalue weighted by molar-refractivity contribution is -0.384. The predicted molar refractivity (Wildman–Crippen MR) is 85.7 cm³/mol. The lowest BCUT2D eigenvalue weighted by Crippen LogP contribution is -2.23. The number of nitro benzene ring substituents is 1. The van der Waals surface area contributed by atoms with E-state index in [1.807, 2.05) is 6.08 Å². The van der Waals surface area contributed by atoms with Crippen LogP contribution in [0.4, 0.5) is 5.69 Å². The van der Waals surface area contributed by atoms with Crippen LogP contribution in [0.15, 0.2) is 23.8 Å². The number of ether oxygens (including phenoxy) is 1. The van der Waals surface area contributed by atoms with Crippen LogP contribution >= 0.6 is 11.6 Å². The average Bonchev–Trinajstić information content (AvgIpc) is 2.43. The van der Waals surface area contributed by atoms with Gasteiger partial charge in [0.2, 0.25) is 0 Å². The summed E-state index contributed by atoms with van der Waals surface area (Å²) in [6, 6.07) is 4.84. The van der Waals surface area contributed by atoms with Gasteiger partial charge in [-0.2, -0.15) is 0 Å². The lowest BCUT2D eigenvalue weighted by atomic mass is 10.00. The van der Waals surface area contributed by atoms with Crippen LogP contribution in [0.2, 0.25) is 5.02 Å². The fourth-order valence-electron chi connectivity index (χ4n) is 1.80. The fourth-order valence-corrected chi connectivity index (χ4v) is 1.99. The molecule has 1 N–H and O–H groups in total. The predicted octanol–water partition coefficient (Wildman–Crippen LogP) is 3.52. The van der Waals surface area contributed by atoms with Gasteiger partial charge in [0.05, 0.1) is 11.5 Å².